The minimum Gasteiger partial charge on any atom is -0.508 e. The van der Waals surface area contributed by atoms with Crippen LogP contribution in [0, 0.1) is 17.0 Å². The van der Waals surface area contributed by atoms with E-state index < -0.39 is 11.2 Å². The number of benzene rings is 7. The summed E-state index contributed by atoms with van der Waals surface area (Å²) in [6.45, 7) is 35.8. The summed E-state index contributed by atoms with van der Waals surface area (Å²) in [4.78, 5) is 85.5. The average Bonchev–Trinajstić information content (AvgIpc) is 1.04. The maximum absolute atomic E-state index is 14.1. The number of phenols is 3. The second kappa shape index (κ2) is 49.8. The van der Waals surface area contributed by atoms with E-state index in [1.54, 1.807) is 87.8 Å². The van der Waals surface area contributed by atoms with Crippen molar-refractivity contribution in [3.8, 4) is 40.2 Å². The predicted molar refractivity (Wildman–Crippen MR) is 588 cm³/mol. The second-order valence-corrected chi connectivity index (χ2v) is 40.3. The van der Waals surface area contributed by atoms with Gasteiger partial charge in [-0.05, 0) is 407 Å². The lowest BCUT2D eigenvalue weighted by atomic mass is 9.68. The maximum atomic E-state index is 14.1. The van der Waals surface area contributed by atoms with Crippen LogP contribution in [-0.2, 0) is 6.42 Å². The SMILES string of the molecule is CCN(CC)C(=O)c1ccc(C2=CC3(CCCNCC3)Cc3ccccc32)cn1.CCN(CC)C(=O)c1ccc(C2=CC3(CCCNCC3)Oc3ccc(F)cc32)c(O)c1.CCN(CC)C(=O)c1ccc(C2=CC3(CCCNCC3)Oc3ccc(F)cc32)cn1.CCN(CC)C(=O)c1ccc(C2=CC3(CCCNCC3)Oc3ccc(O)cc32)cc1.CCN(CC)C(=O)c1ccc(C2=CC3(CCCNCC3)Oc3ccc(O)cc32)cn1. The molecule has 7 aromatic carbocycles. The summed E-state index contributed by atoms with van der Waals surface area (Å²) >= 11 is 0. The van der Waals surface area contributed by atoms with E-state index in [4.69, 9.17) is 18.9 Å². The molecule has 25 nitrogen and oxygen atoms in total. The van der Waals surface area contributed by atoms with Gasteiger partial charge in [-0.15, -0.1) is 0 Å². The molecule has 10 aromatic rings. The first-order chi connectivity index (χ1) is 72.8. The van der Waals surface area contributed by atoms with Crippen molar-refractivity contribution in [1.82, 2.24) is 66.0 Å². The van der Waals surface area contributed by atoms with Crippen LogP contribution in [0.2, 0.25) is 0 Å². The number of nitrogens with one attached hydrogen (secondary N) is 5. The van der Waals surface area contributed by atoms with Crippen LogP contribution in [0.1, 0.15) is 279 Å². The molecule has 12 heterocycles. The number of phenolic OH excluding ortho intramolecular Hbond substituents is 3. The fraction of sp³-hybridized carbons (Fsp3) is 0.415. The number of rotatable bonds is 20. The number of aromatic hydroxyl groups is 3. The topological polar surface area (TPSA) is 298 Å². The first kappa shape index (κ1) is 109. The van der Waals surface area contributed by atoms with Crippen LogP contribution < -0.4 is 45.5 Å². The average molecular weight is 2040 g/mol. The third-order valence-electron chi connectivity index (χ3n) is 30.8. The van der Waals surface area contributed by atoms with E-state index in [-0.39, 0.29) is 75.0 Å². The van der Waals surface area contributed by atoms with Crippen LogP contribution in [0.5, 0.6) is 40.2 Å². The first-order valence-electron chi connectivity index (χ1n) is 54.4. The third-order valence-corrected chi connectivity index (χ3v) is 30.8. The van der Waals surface area contributed by atoms with Crippen molar-refractivity contribution in [2.45, 2.75) is 194 Å². The number of carbonyl (C=O) groups excluding carboxylic acids is 5. The lowest BCUT2D eigenvalue weighted by Gasteiger charge is -2.36. The highest BCUT2D eigenvalue weighted by molar-refractivity contribution is 5.99. The summed E-state index contributed by atoms with van der Waals surface area (Å²) in [5.74, 6) is 2.44. The van der Waals surface area contributed by atoms with Crippen molar-refractivity contribution < 1.29 is 67.0 Å². The van der Waals surface area contributed by atoms with Crippen molar-refractivity contribution >= 4 is 57.4 Å². The molecule has 1 aliphatic carbocycles. The van der Waals surface area contributed by atoms with Crippen LogP contribution in [0.25, 0.3) is 27.9 Å². The number of hydrogen-bond acceptors (Lipinski definition) is 20. The molecule has 5 atom stereocenters. The van der Waals surface area contributed by atoms with Crippen molar-refractivity contribution in [2.24, 2.45) is 5.41 Å². The largest absolute Gasteiger partial charge is 0.508 e. The Hall–Kier alpha value is -13.7. The van der Waals surface area contributed by atoms with E-state index in [2.05, 4.69) is 96.2 Å². The van der Waals surface area contributed by atoms with E-state index >= 15 is 0 Å². The Balaban J connectivity index is 0.000000133. The highest BCUT2D eigenvalue weighted by Crippen LogP contribution is 2.51. The number of halogens is 2. The number of aromatic nitrogens is 3. The lowest BCUT2D eigenvalue weighted by molar-refractivity contribution is 0.0759. The fourth-order valence-electron chi connectivity index (χ4n) is 22.4. The molecule has 3 aromatic heterocycles. The molecule has 150 heavy (non-hydrogen) atoms. The number of amides is 5. The third kappa shape index (κ3) is 25.3. The van der Waals surface area contributed by atoms with Crippen molar-refractivity contribution in [1.29, 1.82) is 0 Å². The van der Waals surface area contributed by atoms with Crippen molar-refractivity contribution in [2.75, 3.05) is 131 Å². The van der Waals surface area contributed by atoms with Gasteiger partial charge in [0.1, 0.15) is 91.4 Å². The zero-order valence-corrected chi connectivity index (χ0v) is 88.7. The van der Waals surface area contributed by atoms with E-state index in [9.17, 15) is 48.1 Å². The van der Waals surface area contributed by atoms with Crippen LogP contribution >= 0.6 is 0 Å². The summed E-state index contributed by atoms with van der Waals surface area (Å²) in [7, 11) is 0. The Bertz CT molecular complexity index is 6170. The fourth-order valence-corrected chi connectivity index (χ4v) is 22.4. The van der Waals surface area contributed by atoms with Crippen LogP contribution in [0.15, 0.2) is 225 Å². The van der Waals surface area contributed by atoms with Gasteiger partial charge in [-0.1, -0.05) is 60.7 Å². The molecule has 8 N–H and O–H groups in total. The number of pyridine rings is 3. The van der Waals surface area contributed by atoms with Gasteiger partial charge in [0, 0.05) is 165 Å². The minimum atomic E-state index is -0.508. The van der Waals surface area contributed by atoms with Crippen molar-refractivity contribution in [3.05, 3.63) is 326 Å². The first-order valence-corrected chi connectivity index (χ1v) is 54.4. The van der Waals surface area contributed by atoms with Crippen LogP contribution in [-0.4, -0.2) is 238 Å². The van der Waals surface area contributed by atoms with Gasteiger partial charge in [0.25, 0.3) is 29.5 Å². The number of hydrogen-bond donors (Lipinski definition) is 8. The van der Waals surface area contributed by atoms with E-state index in [1.807, 2.05) is 146 Å². The molecule has 20 rings (SSSR count). The molecule has 5 fully saturated rings. The van der Waals surface area contributed by atoms with Gasteiger partial charge in [0.05, 0.1) is 0 Å². The maximum Gasteiger partial charge on any atom is 0.272 e. The van der Waals surface area contributed by atoms with E-state index in [1.165, 1.54) is 59.9 Å². The normalized spacial score (nSPS) is 20.7. The summed E-state index contributed by atoms with van der Waals surface area (Å²) < 4.78 is 53.9. The highest BCUT2D eigenvalue weighted by Gasteiger charge is 2.43. The predicted octanol–water partition coefficient (Wildman–Crippen LogP) is 20.5. The molecule has 5 unspecified atom stereocenters. The van der Waals surface area contributed by atoms with Gasteiger partial charge in [0.2, 0.25) is 0 Å². The molecule has 0 saturated carbocycles. The molecular weight excluding hydrogens is 1890 g/mol. The van der Waals surface area contributed by atoms with Gasteiger partial charge in [-0.2, -0.15) is 0 Å². The van der Waals surface area contributed by atoms with Gasteiger partial charge in [0.15, 0.2) is 0 Å². The van der Waals surface area contributed by atoms with Crippen LogP contribution in [0.3, 0.4) is 0 Å². The Morgan fingerprint density at radius 3 is 1.00 bits per heavy atom. The minimum absolute atomic E-state index is 0.00302. The zero-order valence-electron chi connectivity index (χ0n) is 88.7. The van der Waals surface area contributed by atoms with E-state index in [0.29, 0.717) is 116 Å². The van der Waals surface area contributed by atoms with Crippen LogP contribution in [0.4, 0.5) is 8.78 Å². The molecular formula is C123H147F2N13O12. The smallest absolute Gasteiger partial charge is 0.272 e. The summed E-state index contributed by atoms with van der Waals surface area (Å²) in [6, 6.07) is 52.6. The Labute approximate surface area is 882 Å². The molecule has 27 heteroatoms. The number of fused-ring (bicyclic) bond motifs is 5. The highest BCUT2D eigenvalue weighted by atomic mass is 19.1. The summed E-state index contributed by atoms with van der Waals surface area (Å²) in [5, 5.41) is 48.3. The number of allylic oxidation sites excluding steroid dienone is 1. The standard InChI is InChI=1S/C25H29FN2O3.C25H31N3O.C25H30N2O3.C24H28FN3O2.C24H29N3O3/c1-3-28(4-2)24(30)17-6-8-19(22(29)14-17)21-16-25(10-5-12-27-13-11-25)31-23-9-7-18(26)15-20(21)23;1-3-28(4-2)24(29)23-11-10-20(18-27-23)22-17-25(12-7-14-26-15-13-25)16-19-8-5-6-9-21(19)22;1-3-27(4-2)24(29)19-8-6-18(7-9-19)22-17-25(12-5-14-26-15-13-25)30-23-11-10-20(28)16-21(22)23;1-3-28(4-2)23(29)21-8-6-17(16-27-21)20-15-24(10-5-12-26-13-11-24)30-22-9-7-18(25)14-19(20)22;1-3-27(4-2)23(29)21-8-6-17(16-26-21)20-15-24(10-5-12-25-13-11-24)30-22-9-7-18(28)14-19(20)22/h6-9,14-16,27,29H,3-5,10-13H2,1-2H3;5-6,8-11,17-18,26H,3-4,7,12-16H2,1-2H3;6-11,16-17,26,28H,3-5,12-15H2,1-2H3;6-9,14-16,26H,3-5,10-13H2,1-2H3;6-9,14-16,25,28H,3-5,10-13H2,1-2H3. The molecule has 9 aliphatic heterocycles. The number of ether oxygens (including phenoxy) is 4. The Kier molecular flexibility index (Phi) is 36.2. The lowest BCUT2D eigenvalue weighted by Crippen LogP contribution is -2.37. The number of carbonyl (C=O) groups is 5. The molecule has 5 spiro atoms. The van der Waals surface area contributed by atoms with E-state index in [0.717, 1.165) is 228 Å². The molecule has 0 bridgehead atoms. The van der Waals surface area contributed by atoms with Gasteiger partial charge < -0.3 is 85.4 Å². The molecule has 5 amide bonds. The molecule has 5 saturated heterocycles. The number of nitrogens with zero attached hydrogens (tertiary/aromatic N) is 8. The van der Waals surface area contributed by atoms with Gasteiger partial charge in [-0.3, -0.25) is 38.9 Å². The van der Waals surface area contributed by atoms with Gasteiger partial charge >= 0.3 is 0 Å². The Morgan fingerprint density at radius 2 is 0.620 bits per heavy atom. The molecule has 0 radical (unpaired) electrons. The monoisotopic (exact) mass is 2040 g/mol. The second-order valence-electron chi connectivity index (χ2n) is 40.3. The zero-order chi connectivity index (χ0) is 106. The summed E-state index contributed by atoms with van der Waals surface area (Å²) in [6.07, 6.45) is 32.2. The quantitative estimate of drug-likeness (QED) is 0.0352. The molecule has 790 valence electrons. The summed E-state index contributed by atoms with van der Waals surface area (Å²) in [5.41, 5.74) is 16.3. The molecule has 10 aliphatic rings. The van der Waals surface area contributed by atoms with Crippen molar-refractivity contribution in [3.63, 3.8) is 0 Å². The Morgan fingerprint density at radius 1 is 0.300 bits per heavy atom. The van der Waals surface area contributed by atoms with Gasteiger partial charge in [-0.25, -0.2) is 8.78 Å².